The zero-order chi connectivity index (χ0) is 4.50. The van der Waals surface area contributed by atoms with Crippen molar-refractivity contribution in [3.63, 3.8) is 0 Å². The monoisotopic (exact) mass is 174 g/mol. The summed E-state index contributed by atoms with van der Waals surface area (Å²) in [7, 11) is -4.64. The molecule has 1 unspecified atom stereocenters. The van der Waals surface area contributed by atoms with Crippen LogP contribution < -0.4 is 0 Å². The Morgan fingerprint density at radius 1 is 1.14 bits per heavy atom. The molecule has 0 aliphatic carbocycles. The van der Waals surface area contributed by atoms with Crippen LogP contribution in [0.2, 0.25) is 0 Å². The van der Waals surface area contributed by atoms with Crippen LogP contribution in [0.5, 0.6) is 0 Å². The molecule has 1 atom stereocenters. The topological polar surface area (TPSA) is 77.8 Å². The second-order valence-corrected chi connectivity index (χ2v) is 1.54. The van der Waals surface area contributed by atoms with E-state index >= 15 is 0 Å². The fourth-order valence-corrected chi connectivity index (χ4v) is 0. The molecule has 0 aromatic carbocycles. The Balaban J connectivity index is -0.0000000800. The predicted octanol–water partition coefficient (Wildman–Crippen LogP) is -1.79. The third-order valence-electron chi connectivity index (χ3n) is 0. The molecule has 0 bridgehead atoms. The van der Waals surface area contributed by atoms with E-state index in [2.05, 4.69) is 0 Å². The van der Waals surface area contributed by atoms with E-state index in [1.54, 1.807) is 0 Å². The van der Waals surface area contributed by atoms with Gasteiger partial charge in [-0.1, -0.05) is 0 Å². The molecule has 4 nitrogen and oxygen atoms in total. The second kappa shape index (κ2) is 5.93. The third-order valence-corrected chi connectivity index (χ3v) is 0. The molecule has 0 amide bonds. The first-order valence-electron chi connectivity index (χ1n) is 0.783. The molecule has 0 aromatic rings. The van der Waals surface area contributed by atoms with Gasteiger partial charge in [0.05, 0.1) is 0 Å². The number of rotatable bonds is 0. The molecular formula is H8CaO4P2. The van der Waals surface area contributed by atoms with Gasteiger partial charge >= 0.3 is 45.6 Å². The Bertz CT molecular complexity index is 55.8. The summed E-state index contributed by atoms with van der Waals surface area (Å²) in [4.78, 5) is 21.6. The van der Waals surface area contributed by atoms with Crippen LogP contribution in [0.3, 0.4) is 0 Å². The maximum atomic E-state index is 8.88. The van der Waals surface area contributed by atoms with Crippen LogP contribution >= 0.6 is 17.7 Å². The normalized spacial score (nSPS) is 8.43. The van der Waals surface area contributed by atoms with Crippen molar-refractivity contribution in [3.8, 4) is 0 Å². The molecule has 44 valence electrons. The average Bonchev–Trinajstić information content (AvgIpc) is 0.722. The van der Waals surface area contributed by atoms with Gasteiger partial charge in [0.25, 0.3) is 0 Å². The Morgan fingerprint density at radius 2 is 1.14 bits per heavy atom. The van der Waals surface area contributed by atoms with Crippen molar-refractivity contribution in [1.29, 1.82) is 0 Å². The van der Waals surface area contributed by atoms with Crippen LogP contribution in [0.25, 0.3) is 0 Å². The fraction of sp³-hybridized carbons (Fsp3) is 0. The van der Waals surface area contributed by atoms with E-state index in [1.165, 1.54) is 0 Å². The van der Waals surface area contributed by atoms with Gasteiger partial charge in [-0.25, -0.2) is 4.57 Å². The summed E-state index contributed by atoms with van der Waals surface area (Å²) in [6.45, 7) is 0. The molecule has 0 aliphatic heterocycles. The summed E-state index contributed by atoms with van der Waals surface area (Å²) >= 11 is 0. The van der Waals surface area contributed by atoms with Crippen molar-refractivity contribution in [2.75, 3.05) is 0 Å². The first kappa shape index (κ1) is 15.9. The van der Waals surface area contributed by atoms with Crippen LogP contribution in [-0.2, 0) is 4.57 Å². The van der Waals surface area contributed by atoms with Gasteiger partial charge in [0.2, 0.25) is 0 Å². The van der Waals surface area contributed by atoms with Gasteiger partial charge in [-0.15, -0.1) is 0 Å². The first-order chi connectivity index (χ1) is 2.00. The molecule has 0 saturated carbocycles. The van der Waals surface area contributed by atoms with Crippen molar-refractivity contribution < 1.29 is 19.2 Å². The molecule has 0 saturated heterocycles. The zero-order valence-electron chi connectivity index (χ0n) is 2.90. The molecule has 0 aromatic heterocycles. The number of hydrogen-bond donors (Lipinski definition) is 3. The van der Waals surface area contributed by atoms with E-state index in [-0.39, 0.29) is 47.6 Å². The fourth-order valence-electron chi connectivity index (χ4n) is 0. The molecule has 0 spiro atoms. The molecule has 7 heavy (non-hydrogen) atoms. The van der Waals surface area contributed by atoms with Gasteiger partial charge in [0, 0.05) is 0 Å². The summed E-state index contributed by atoms with van der Waals surface area (Å²) < 4.78 is 8.88. The summed E-state index contributed by atoms with van der Waals surface area (Å²) in [5, 5.41) is 0. The van der Waals surface area contributed by atoms with E-state index in [9.17, 15) is 0 Å². The molecular weight excluding hydrogens is 166 g/mol. The van der Waals surface area contributed by atoms with Gasteiger partial charge in [0.15, 0.2) is 0 Å². The summed E-state index contributed by atoms with van der Waals surface area (Å²) in [6.07, 6.45) is 0. The third kappa shape index (κ3) is 81.0. The first-order valence-corrected chi connectivity index (χ1v) is 2.35. The van der Waals surface area contributed by atoms with Gasteiger partial charge in [0.1, 0.15) is 0 Å². The molecule has 0 radical (unpaired) electrons. The average molecular weight is 174 g/mol. The van der Waals surface area contributed by atoms with E-state index in [4.69, 9.17) is 19.2 Å². The molecule has 3 N–H and O–H groups in total. The van der Waals surface area contributed by atoms with Crippen LogP contribution in [0.1, 0.15) is 0 Å². The minimum atomic E-state index is -4.64. The molecule has 7 heteroatoms. The van der Waals surface area contributed by atoms with E-state index in [1.807, 2.05) is 0 Å². The van der Waals surface area contributed by atoms with E-state index in [0.29, 0.717) is 0 Å². The van der Waals surface area contributed by atoms with E-state index < -0.39 is 7.82 Å². The molecule has 0 heterocycles. The SMILES string of the molecule is O=P(O)(O)O.P.[CaH2]. The predicted molar refractivity (Wildman–Crippen MR) is 33.9 cm³/mol. The molecule has 0 fully saturated rings. The number of phosphoric acid groups is 1. The summed E-state index contributed by atoms with van der Waals surface area (Å²) in [5.74, 6) is 0. The van der Waals surface area contributed by atoms with Crippen molar-refractivity contribution in [2.24, 2.45) is 0 Å². The van der Waals surface area contributed by atoms with Gasteiger partial charge in [-0.2, -0.15) is 9.90 Å². The van der Waals surface area contributed by atoms with Crippen molar-refractivity contribution in [3.05, 3.63) is 0 Å². The van der Waals surface area contributed by atoms with Crippen LogP contribution in [0.4, 0.5) is 0 Å². The van der Waals surface area contributed by atoms with E-state index in [0.717, 1.165) is 0 Å². The van der Waals surface area contributed by atoms with Crippen LogP contribution in [0, 0.1) is 0 Å². The molecule has 0 aliphatic rings. The second-order valence-electron chi connectivity index (χ2n) is 0.513. The Hall–Kier alpha value is 1.80. The maximum absolute atomic E-state index is 8.88. The van der Waals surface area contributed by atoms with Gasteiger partial charge < -0.3 is 14.7 Å². The zero-order valence-corrected chi connectivity index (χ0v) is 5.21. The van der Waals surface area contributed by atoms with Gasteiger partial charge in [-0.05, 0) is 0 Å². The van der Waals surface area contributed by atoms with Crippen LogP contribution in [-0.4, -0.2) is 52.4 Å². The quantitative estimate of drug-likeness (QED) is 0.299. The number of hydrogen-bond acceptors (Lipinski definition) is 1. The summed E-state index contributed by atoms with van der Waals surface area (Å²) in [6, 6.07) is 0. The molecule has 0 rings (SSSR count). The minimum absolute atomic E-state index is 0. The Morgan fingerprint density at radius 3 is 1.14 bits per heavy atom. The van der Waals surface area contributed by atoms with Crippen molar-refractivity contribution >= 4 is 55.5 Å². The van der Waals surface area contributed by atoms with Crippen LogP contribution in [0.15, 0.2) is 0 Å². The van der Waals surface area contributed by atoms with Gasteiger partial charge in [-0.3, -0.25) is 0 Å². The summed E-state index contributed by atoms with van der Waals surface area (Å²) in [5.41, 5.74) is 0. The standard InChI is InChI=1S/Ca.H3O4P.H3P.2H/c;1-5(2,3)4;;;/h;(H3,1,2,3,4);1H3;;. The Kier molecular flexibility index (Phi) is 13.5. The van der Waals surface area contributed by atoms with Crippen molar-refractivity contribution in [1.82, 2.24) is 0 Å². The van der Waals surface area contributed by atoms with Crippen molar-refractivity contribution in [2.45, 2.75) is 0 Å². The Labute approximate surface area is 74.2 Å².